The lowest BCUT2D eigenvalue weighted by Gasteiger charge is -2.18. The van der Waals surface area contributed by atoms with E-state index >= 15 is 0 Å². The fourth-order valence-electron chi connectivity index (χ4n) is 6.88. The summed E-state index contributed by atoms with van der Waals surface area (Å²) in [5.74, 6) is -4.92. The van der Waals surface area contributed by atoms with E-state index in [-0.39, 0.29) is 29.9 Å². The van der Waals surface area contributed by atoms with Crippen molar-refractivity contribution in [1.29, 1.82) is 0 Å². The number of carbonyl (C=O) groups is 3. The summed E-state index contributed by atoms with van der Waals surface area (Å²) in [6, 6.07) is 0. The van der Waals surface area contributed by atoms with E-state index in [1.165, 1.54) is 0 Å². The zero-order valence-corrected chi connectivity index (χ0v) is 24.9. The molecule has 10 nitrogen and oxygen atoms in total. The van der Waals surface area contributed by atoms with Gasteiger partial charge in [-0.1, -0.05) is 26.5 Å². The maximum absolute atomic E-state index is 13.8. The van der Waals surface area contributed by atoms with Gasteiger partial charge in [-0.15, -0.1) is 0 Å². The van der Waals surface area contributed by atoms with Crippen molar-refractivity contribution in [2.75, 3.05) is 0 Å². The van der Waals surface area contributed by atoms with E-state index in [0.717, 1.165) is 28.7 Å². The number of aliphatic imine (C=N–C) groups is 3. The van der Waals surface area contributed by atoms with Gasteiger partial charge in [-0.2, -0.15) is 0 Å². The smallest absolute Gasteiger partial charge is 0.319 e. The first-order valence-electron chi connectivity index (χ1n) is 14.6. The van der Waals surface area contributed by atoms with Gasteiger partial charge in [0.25, 0.3) is 0 Å². The van der Waals surface area contributed by atoms with Crippen LogP contribution in [-0.2, 0) is 14.4 Å². The summed E-state index contributed by atoms with van der Waals surface area (Å²) in [5.41, 5.74) is 8.42. The first-order chi connectivity index (χ1) is 21.0. The Morgan fingerprint density at radius 2 is 1.80 bits per heavy atom. The van der Waals surface area contributed by atoms with Crippen LogP contribution in [0.3, 0.4) is 0 Å². The number of aliphatic hydroxyl groups is 1. The van der Waals surface area contributed by atoms with E-state index in [0.29, 0.717) is 57.5 Å². The highest BCUT2D eigenvalue weighted by molar-refractivity contribution is 6.42. The third-order valence-corrected chi connectivity index (χ3v) is 9.21. The van der Waals surface area contributed by atoms with Crippen LogP contribution < -0.4 is 5.32 Å². The van der Waals surface area contributed by atoms with Crippen LogP contribution in [0.15, 0.2) is 120 Å². The molecule has 6 rings (SSSR count). The molecule has 1 saturated heterocycles. The first kappa shape index (κ1) is 29.0. The topological polar surface area (TPSA) is 161 Å². The van der Waals surface area contributed by atoms with Gasteiger partial charge < -0.3 is 20.6 Å². The van der Waals surface area contributed by atoms with Gasteiger partial charge in [0.2, 0.25) is 0 Å². The second-order valence-corrected chi connectivity index (χ2v) is 11.5. The van der Waals surface area contributed by atoms with E-state index in [2.05, 4.69) is 11.9 Å². The summed E-state index contributed by atoms with van der Waals surface area (Å²) >= 11 is 0. The number of carboxylic acid groups (broad SMARTS) is 2. The SMILES string of the molecule is C=CC1=C(C)C2=NC1=CC1=NC(=C(CC)C1=CO)C=C1N=C3C(=C1C)C(=O)C(C(=O)O)C3=C1NC(=C2)C(C)C1CCC(=O)O. The zero-order valence-electron chi connectivity index (χ0n) is 24.9. The summed E-state index contributed by atoms with van der Waals surface area (Å²) in [6.45, 7) is 11.6. The molecule has 44 heavy (non-hydrogen) atoms. The molecule has 0 aromatic carbocycles. The molecule has 3 unspecified atom stereocenters. The van der Waals surface area contributed by atoms with Crippen molar-refractivity contribution in [2.24, 2.45) is 32.7 Å². The van der Waals surface area contributed by atoms with Gasteiger partial charge in [0.15, 0.2) is 5.78 Å². The standard InChI is InChI=1S/C34H32N4O6/c1-6-17-14(3)21-10-22-15(4)19(8-9-27(40)41)31(37-22)29-30(34(43)44)33(42)28-16(5)23(38-32(28)29)11-25-18(7-2)20(13-39)26(36-25)12-24(17)35-21/h6,10-13,15,19,30,37,39H,1,7-9H2,2-5H3,(H,40,41)(H,43,44). The van der Waals surface area contributed by atoms with E-state index < -0.39 is 29.6 Å². The summed E-state index contributed by atoms with van der Waals surface area (Å²) < 4.78 is 0. The van der Waals surface area contributed by atoms with Crippen molar-refractivity contribution in [2.45, 2.75) is 47.0 Å². The molecule has 224 valence electrons. The van der Waals surface area contributed by atoms with Crippen LogP contribution in [0.5, 0.6) is 0 Å². The maximum atomic E-state index is 13.8. The highest BCUT2D eigenvalue weighted by atomic mass is 16.4. The van der Waals surface area contributed by atoms with Crippen molar-refractivity contribution < 1.29 is 29.7 Å². The molecule has 10 heteroatoms. The van der Waals surface area contributed by atoms with Gasteiger partial charge in [-0.05, 0) is 61.6 Å². The number of hydrogen-bond acceptors (Lipinski definition) is 8. The van der Waals surface area contributed by atoms with Crippen molar-refractivity contribution in [3.63, 3.8) is 0 Å². The van der Waals surface area contributed by atoms with Crippen LogP contribution >= 0.6 is 0 Å². The molecular formula is C34H32N4O6. The van der Waals surface area contributed by atoms with Gasteiger partial charge in [0.05, 0.1) is 40.5 Å². The zero-order chi connectivity index (χ0) is 31.6. The largest absolute Gasteiger partial charge is 0.515 e. The van der Waals surface area contributed by atoms with Crippen molar-refractivity contribution in [1.82, 2.24) is 5.32 Å². The average molecular weight is 593 g/mol. The average Bonchev–Trinajstić information content (AvgIpc) is 3.72. The number of aliphatic carboxylic acids is 2. The Morgan fingerprint density at radius 1 is 1.05 bits per heavy atom. The maximum Gasteiger partial charge on any atom is 0.319 e. The minimum Gasteiger partial charge on any atom is -0.515 e. The Bertz CT molecular complexity index is 1850. The highest BCUT2D eigenvalue weighted by Crippen LogP contribution is 2.47. The number of Topliss-reactive ketones (excluding diaryl/α,β-unsaturated/α-hetero) is 1. The second kappa shape index (κ2) is 10.6. The van der Waals surface area contributed by atoms with Crippen LogP contribution in [0.2, 0.25) is 0 Å². The quantitative estimate of drug-likeness (QED) is 0.244. The number of ketones is 1. The minimum atomic E-state index is -1.47. The molecule has 0 spiro atoms. The van der Waals surface area contributed by atoms with E-state index in [9.17, 15) is 29.7 Å². The number of hydrogen-bond donors (Lipinski definition) is 4. The number of allylic oxidation sites excluding steroid dienone is 11. The number of rotatable bonds is 6. The Hall–Kier alpha value is -5.12. The van der Waals surface area contributed by atoms with Crippen LogP contribution in [0, 0.1) is 17.8 Å². The van der Waals surface area contributed by atoms with Gasteiger partial charge >= 0.3 is 11.9 Å². The van der Waals surface area contributed by atoms with Crippen LogP contribution in [-0.4, -0.2) is 50.2 Å². The predicted molar refractivity (Wildman–Crippen MR) is 166 cm³/mol. The summed E-state index contributed by atoms with van der Waals surface area (Å²) in [7, 11) is 0. The Labute approximate surface area is 254 Å². The molecule has 4 N–H and O–H groups in total. The number of nitrogens with one attached hydrogen (secondary N) is 1. The van der Waals surface area contributed by atoms with Crippen molar-refractivity contribution in [3.8, 4) is 0 Å². The van der Waals surface area contributed by atoms with Gasteiger partial charge in [-0.25, -0.2) is 15.0 Å². The third kappa shape index (κ3) is 4.24. The molecule has 0 radical (unpaired) electrons. The number of aliphatic hydroxyl groups excluding tert-OH is 1. The molecule has 2 fully saturated rings. The fraction of sp³-hybridized carbons (Fsp3) is 0.294. The number of carbonyl (C=O) groups excluding carboxylic acids is 1. The monoisotopic (exact) mass is 592 g/mol. The molecule has 5 aliphatic heterocycles. The van der Waals surface area contributed by atoms with E-state index in [4.69, 9.17) is 15.0 Å². The molecule has 6 aliphatic rings. The second-order valence-electron chi connectivity index (χ2n) is 11.5. The molecule has 8 bridgehead atoms. The van der Waals surface area contributed by atoms with Crippen LogP contribution in [0.25, 0.3) is 0 Å². The lowest BCUT2D eigenvalue weighted by Crippen LogP contribution is -2.25. The molecule has 5 heterocycles. The molecular weight excluding hydrogens is 560 g/mol. The molecule has 1 aliphatic carbocycles. The fourth-order valence-corrected chi connectivity index (χ4v) is 6.88. The molecule has 1 saturated carbocycles. The Morgan fingerprint density at radius 3 is 2.43 bits per heavy atom. The highest BCUT2D eigenvalue weighted by Gasteiger charge is 2.51. The number of fused-ring (bicyclic) bond motifs is 5. The number of carboxylic acids is 2. The molecule has 0 aromatic rings. The summed E-state index contributed by atoms with van der Waals surface area (Å²) in [4.78, 5) is 52.6. The summed E-state index contributed by atoms with van der Waals surface area (Å²) in [5, 5.41) is 33.5. The molecule has 0 amide bonds. The van der Waals surface area contributed by atoms with Gasteiger partial charge in [0, 0.05) is 51.9 Å². The van der Waals surface area contributed by atoms with E-state index in [1.54, 1.807) is 19.1 Å². The third-order valence-electron chi connectivity index (χ3n) is 9.21. The van der Waals surface area contributed by atoms with Crippen molar-refractivity contribution >= 4 is 34.9 Å². The van der Waals surface area contributed by atoms with Crippen LogP contribution in [0.4, 0.5) is 0 Å². The van der Waals surface area contributed by atoms with Gasteiger partial charge in [-0.3, -0.25) is 14.4 Å². The van der Waals surface area contributed by atoms with E-state index in [1.807, 2.05) is 32.9 Å². The Balaban J connectivity index is 1.69. The lowest BCUT2D eigenvalue weighted by atomic mass is 9.85. The lowest BCUT2D eigenvalue weighted by molar-refractivity contribution is -0.143. The van der Waals surface area contributed by atoms with Crippen LogP contribution in [0.1, 0.15) is 47.0 Å². The predicted octanol–water partition coefficient (Wildman–Crippen LogP) is 5.20. The summed E-state index contributed by atoms with van der Waals surface area (Å²) in [6.07, 6.45) is 8.87. The van der Waals surface area contributed by atoms with Gasteiger partial charge in [0.1, 0.15) is 5.92 Å². The van der Waals surface area contributed by atoms with Crippen molar-refractivity contribution in [3.05, 3.63) is 105 Å². The first-order valence-corrected chi connectivity index (χ1v) is 14.6. The Kier molecular flexibility index (Phi) is 6.95. The molecule has 0 aromatic heterocycles. The number of nitrogens with zero attached hydrogens (tertiary/aromatic N) is 3. The normalized spacial score (nSPS) is 26.6. The molecule has 3 atom stereocenters. The minimum absolute atomic E-state index is 0.131.